The number of hydrogen-bond donors (Lipinski definition) is 0. The largest absolute Gasteiger partial charge is 0.457 e. The van der Waals surface area contributed by atoms with Gasteiger partial charge in [0.05, 0.1) is 18.2 Å². The number of benzene rings is 3. The van der Waals surface area contributed by atoms with Crippen molar-refractivity contribution in [3.8, 4) is 11.8 Å². The second kappa shape index (κ2) is 11.8. The summed E-state index contributed by atoms with van der Waals surface area (Å²) >= 11 is 0. The molecule has 1 aliphatic rings. The van der Waals surface area contributed by atoms with Crippen LogP contribution in [0.2, 0.25) is 0 Å². The van der Waals surface area contributed by atoms with Crippen molar-refractivity contribution in [3.63, 3.8) is 0 Å². The number of anilines is 1. The topological polar surface area (TPSA) is 58.4 Å². The summed E-state index contributed by atoms with van der Waals surface area (Å²) < 4.78 is 8.30. The minimum Gasteiger partial charge on any atom is -0.457 e. The van der Waals surface area contributed by atoms with E-state index in [-0.39, 0.29) is 5.70 Å². The first kappa shape index (κ1) is 27.1. The van der Waals surface area contributed by atoms with Crippen LogP contribution in [0.3, 0.4) is 0 Å². The summed E-state index contributed by atoms with van der Waals surface area (Å²) in [6, 6.07) is 30.8. The van der Waals surface area contributed by atoms with Crippen molar-refractivity contribution in [1.82, 2.24) is 9.55 Å². The molecule has 0 atom stereocenters. The third-order valence-electron chi connectivity index (χ3n) is 7.20. The molecule has 43 heavy (non-hydrogen) atoms. The molecular weight excluding hydrogens is 530 g/mol. The molecule has 5 aromatic rings. The Balaban J connectivity index is 1.26. The molecule has 0 spiro atoms. The van der Waals surface area contributed by atoms with Crippen molar-refractivity contribution in [3.05, 3.63) is 161 Å². The molecule has 6 nitrogen and oxygen atoms in total. The average Bonchev–Trinajstić information content (AvgIpc) is 3.38. The molecule has 6 heteroatoms. The predicted molar refractivity (Wildman–Crippen MR) is 174 cm³/mol. The van der Waals surface area contributed by atoms with Gasteiger partial charge in [0.2, 0.25) is 0 Å². The first-order valence-corrected chi connectivity index (χ1v) is 13.8. The van der Waals surface area contributed by atoms with Crippen LogP contribution in [0.1, 0.15) is 11.1 Å². The summed E-state index contributed by atoms with van der Waals surface area (Å²) in [5.41, 5.74) is 6.67. The van der Waals surface area contributed by atoms with Gasteiger partial charge < -0.3 is 9.64 Å². The van der Waals surface area contributed by atoms with Crippen LogP contribution in [0.25, 0.3) is 44.6 Å². The molecule has 3 heterocycles. The molecule has 0 unspecified atom stereocenters. The number of allylic oxidation sites excluding steroid dienone is 6. The number of pyridine rings is 1. The number of para-hydroxylation sites is 1. The fraction of sp³-hybridized carbons (Fsp3) is 0.0541. The van der Waals surface area contributed by atoms with Crippen molar-refractivity contribution >= 4 is 39.8 Å². The van der Waals surface area contributed by atoms with E-state index in [1.54, 1.807) is 12.2 Å². The number of ether oxygens (including phenoxy) is 1. The summed E-state index contributed by atoms with van der Waals surface area (Å²) in [7, 11) is 4.01. The standard InChI is InChI=1S/C37H27N5O/c1-39-35(25-38)28-23-31(20-14-26-10-16-29(17-11-26)41(2)3)43-32(24-28)21-15-27-12-18-30(19-13-27)42-36-9-5-4-7-33(36)34-8-6-22-40-37(34)42/h4-24H,2-3H3. The highest BCUT2D eigenvalue weighted by molar-refractivity contribution is 6.07. The maximum Gasteiger partial charge on any atom is 0.269 e. The second-order valence-corrected chi connectivity index (χ2v) is 10.2. The van der Waals surface area contributed by atoms with Gasteiger partial charge in [-0.15, -0.1) is 0 Å². The lowest BCUT2D eigenvalue weighted by atomic mass is 10.1. The van der Waals surface area contributed by atoms with Crippen LogP contribution in [0.15, 0.2) is 138 Å². The molecule has 6 rings (SSSR count). The number of rotatable bonds is 6. The van der Waals surface area contributed by atoms with Gasteiger partial charge in [-0.1, -0.05) is 54.6 Å². The van der Waals surface area contributed by atoms with Crippen LogP contribution in [0.5, 0.6) is 0 Å². The molecule has 0 amide bonds. The Morgan fingerprint density at radius 2 is 1.47 bits per heavy atom. The van der Waals surface area contributed by atoms with Crippen LogP contribution in [0.4, 0.5) is 5.69 Å². The van der Waals surface area contributed by atoms with Crippen LogP contribution in [-0.2, 0) is 4.74 Å². The van der Waals surface area contributed by atoms with Gasteiger partial charge in [0, 0.05) is 42.4 Å². The molecule has 206 valence electrons. The molecule has 2 aromatic heterocycles. The van der Waals surface area contributed by atoms with Gasteiger partial charge in [-0.3, -0.25) is 4.57 Å². The molecule has 0 saturated heterocycles. The Morgan fingerprint density at radius 1 is 0.837 bits per heavy atom. The fourth-order valence-corrected chi connectivity index (χ4v) is 5.03. The molecule has 0 N–H and O–H groups in total. The molecule has 0 radical (unpaired) electrons. The average molecular weight is 558 g/mol. The van der Waals surface area contributed by atoms with E-state index in [1.165, 1.54) is 5.39 Å². The minimum atomic E-state index is 0.0135. The molecular formula is C37H27N5O. The summed E-state index contributed by atoms with van der Waals surface area (Å²) in [5.74, 6) is 1.08. The Morgan fingerprint density at radius 3 is 2.09 bits per heavy atom. The number of hydrogen-bond acceptors (Lipinski definition) is 4. The zero-order valence-corrected chi connectivity index (χ0v) is 23.8. The summed E-state index contributed by atoms with van der Waals surface area (Å²) in [6.45, 7) is 7.43. The van der Waals surface area contributed by atoms with Crippen molar-refractivity contribution in [2.24, 2.45) is 0 Å². The Labute approximate surface area is 250 Å². The SMILES string of the molecule is [C-]#[N+]C(C#N)=C1C=C(C=Cc2ccc(N(C)C)cc2)OC(C=Cc2ccc(-n3c4ccccc4c4cccnc43)cc2)=C1. The number of fused-ring (bicyclic) bond motifs is 3. The van der Waals surface area contributed by atoms with Gasteiger partial charge >= 0.3 is 0 Å². The van der Waals surface area contributed by atoms with Crippen molar-refractivity contribution in [1.29, 1.82) is 5.26 Å². The van der Waals surface area contributed by atoms with Crippen molar-refractivity contribution in [2.75, 3.05) is 19.0 Å². The maximum atomic E-state index is 9.51. The summed E-state index contributed by atoms with van der Waals surface area (Å²) in [6.07, 6.45) is 12.8. The fourth-order valence-electron chi connectivity index (χ4n) is 5.03. The third-order valence-corrected chi connectivity index (χ3v) is 7.20. The smallest absolute Gasteiger partial charge is 0.269 e. The highest BCUT2D eigenvalue weighted by Crippen LogP contribution is 2.31. The maximum absolute atomic E-state index is 9.51. The van der Waals surface area contributed by atoms with E-state index >= 15 is 0 Å². The van der Waals surface area contributed by atoms with Gasteiger partial charge in [-0.25, -0.2) is 15.1 Å². The van der Waals surface area contributed by atoms with E-state index in [4.69, 9.17) is 11.3 Å². The number of nitrogens with zero attached hydrogens (tertiary/aromatic N) is 5. The van der Waals surface area contributed by atoms with E-state index in [9.17, 15) is 5.26 Å². The van der Waals surface area contributed by atoms with Gasteiger partial charge in [-0.05, 0) is 83.5 Å². The molecule has 0 bridgehead atoms. The molecule has 0 saturated carbocycles. The molecule has 1 aliphatic heterocycles. The number of nitriles is 1. The highest BCUT2D eigenvalue weighted by Gasteiger charge is 2.13. The van der Waals surface area contributed by atoms with E-state index in [1.807, 2.05) is 110 Å². The lowest BCUT2D eigenvalue weighted by Gasteiger charge is -2.14. The predicted octanol–water partition coefficient (Wildman–Crippen LogP) is 8.47. The van der Waals surface area contributed by atoms with Gasteiger partial charge in [0.1, 0.15) is 17.2 Å². The van der Waals surface area contributed by atoms with E-state index in [0.29, 0.717) is 17.1 Å². The van der Waals surface area contributed by atoms with Crippen LogP contribution >= 0.6 is 0 Å². The monoisotopic (exact) mass is 557 g/mol. The Hall–Kier alpha value is -6.11. The highest BCUT2D eigenvalue weighted by atomic mass is 16.5. The zero-order chi connectivity index (χ0) is 29.8. The van der Waals surface area contributed by atoms with Crippen molar-refractivity contribution in [2.45, 2.75) is 0 Å². The van der Waals surface area contributed by atoms with Crippen LogP contribution in [0, 0.1) is 17.9 Å². The van der Waals surface area contributed by atoms with Crippen LogP contribution < -0.4 is 4.90 Å². The van der Waals surface area contributed by atoms with Gasteiger partial charge in [0.15, 0.2) is 0 Å². The van der Waals surface area contributed by atoms with Gasteiger partial charge in [-0.2, -0.15) is 0 Å². The number of aromatic nitrogens is 2. The van der Waals surface area contributed by atoms with E-state index in [0.717, 1.165) is 39.1 Å². The first-order chi connectivity index (χ1) is 21.0. The minimum absolute atomic E-state index is 0.0135. The quantitative estimate of drug-likeness (QED) is 0.155. The van der Waals surface area contributed by atoms with E-state index in [2.05, 4.69) is 44.7 Å². The Bertz CT molecular complexity index is 2000. The summed E-state index contributed by atoms with van der Waals surface area (Å²) in [5, 5.41) is 11.8. The summed E-state index contributed by atoms with van der Waals surface area (Å²) in [4.78, 5) is 10.1. The van der Waals surface area contributed by atoms with Crippen LogP contribution in [-0.4, -0.2) is 23.6 Å². The van der Waals surface area contributed by atoms with E-state index < -0.39 is 0 Å². The lowest BCUT2D eigenvalue weighted by Crippen LogP contribution is -2.07. The van der Waals surface area contributed by atoms with Gasteiger partial charge in [0.25, 0.3) is 5.70 Å². The lowest BCUT2D eigenvalue weighted by molar-refractivity contribution is 0.332. The molecule has 3 aromatic carbocycles. The zero-order valence-electron chi connectivity index (χ0n) is 23.8. The molecule has 0 fully saturated rings. The normalized spacial score (nSPS) is 14.3. The third kappa shape index (κ3) is 5.59. The first-order valence-electron chi connectivity index (χ1n) is 13.8. The molecule has 0 aliphatic carbocycles. The second-order valence-electron chi connectivity index (χ2n) is 10.2. The van der Waals surface area contributed by atoms with Crippen molar-refractivity contribution < 1.29 is 4.74 Å². The Kier molecular flexibility index (Phi) is 7.42.